The maximum absolute atomic E-state index is 2.64. The van der Waals surface area contributed by atoms with Gasteiger partial charge in [0.2, 0.25) is 0 Å². The van der Waals surface area contributed by atoms with Crippen LogP contribution >= 0.6 is 0 Å². The summed E-state index contributed by atoms with van der Waals surface area (Å²) in [5.74, 6) is 0. The van der Waals surface area contributed by atoms with Crippen molar-refractivity contribution in [2.75, 3.05) is 4.90 Å². The lowest BCUT2D eigenvalue weighted by Crippen LogP contribution is -2.32. The van der Waals surface area contributed by atoms with Crippen LogP contribution in [0.3, 0.4) is 0 Å². The third-order valence-electron chi connectivity index (χ3n) is 7.63. The van der Waals surface area contributed by atoms with Crippen molar-refractivity contribution in [3.63, 3.8) is 0 Å². The molecule has 0 aromatic heterocycles. The molecule has 1 nitrogen and oxygen atoms in total. The van der Waals surface area contributed by atoms with Crippen LogP contribution in [0.2, 0.25) is 0 Å². The number of hydrogen-bond acceptors (Lipinski definition) is 1. The SMILES string of the molecule is c1ccc2c(c1)-c1ccc3ccccc3c1N1c3c(ccc4ccccc34)-c3ccccc3C21. The molecular formula is C33H21N. The molecule has 6 aromatic rings. The van der Waals surface area contributed by atoms with Gasteiger partial charge in [-0.1, -0.05) is 121 Å². The zero-order chi connectivity index (χ0) is 22.2. The first kappa shape index (κ1) is 18.1. The largest absolute Gasteiger partial charge is 0.328 e. The van der Waals surface area contributed by atoms with Gasteiger partial charge in [0.05, 0.1) is 17.4 Å². The van der Waals surface area contributed by atoms with Crippen molar-refractivity contribution >= 4 is 32.9 Å². The highest BCUT2D eigenvalue weighted by atomic mass is 15.2. The van der Waals surface area contributed by atoms with E-state index in [1.54, 1.807) is 0 Å². The van der Waals surface area contributed by atoms with Crippen molar-refractivity contribution in [1.82, 2.24) is 0 Å². The molecule has 0 amide bonds. The Morgan fingerprint density at radius 2 is 0.824 bits per heavy atom. The highest BCUT2D eigenvalue weighted by Crippen LogP contribution is 2.59. The van der Waals surface area contributed by atoms with Crippen LogP contribution in [0.25, 0.3) is 43.8 Å². The predicted octanol–water partition coefficient (Wildman–Crippen LogP) is 8.88. The normalized spacial score (nSPS) is 13.7. The standard InChI is InChI=1S/C33H21N/c1-3-11-23-21(9-1)17-19-29-25-13-5-7-15-27(25)33-28-16-8-6-14-26(28)30-20-18-22-10-2-4-12-24(22)32(30)34(33)31(23)29/h1-20,33H. The second-order valence-corrected chi connectivity index (χ2v) is 9.31. The number of rotatable bonds is 0. The number of benzene rings is 6. The molecule has 0 radical (unpaired) electrons. The highest BCUT2D eigenvalue weighted by Gasteiger charge is 2.40. The van der Waals surface area contributed by atoms with Gasteiger partial charge < -0.3 is 4.90 Å². The van der Waals surface area contributed by atoms with Crippen LogP contribution < -0.4 is 4.90 Å². The van der Waals surface area contributed by atoms with E-state index in [0.29, 0.717) is 0 Å². The molecular weight excluding hydrogens is 410 g/mol. The van der Waals surface area contributed by atoms with Crippen LogP contribution in [0.4, 0.5) is 11.4 Å². The van der Waals surface area contributed by atoms with Gasteiger partial charge >= 0.3 is 0 Å². The molecule has 6 aromatic carbocycles. The minimum Gasteiger partial charge on any atom is -0.328 e. The van der Waals surface area contributed by atoms with E-state index in [2.05, 4.69) is 126 Å². The maximum Gasteiger partial charge on any atom is 0.0857 e. The fourth-order valence-corrected chi connectivity index (χ4v) is 6.24. The molecule has 2 aliphatic rings. The molecule has 0 spiro atoms. The average molecular weight is 432 g/mol. The van der Waals surface area contributed by atoms with Crippen LogP contribution in [0.1, 0.15) is 17.2 Å². The van der Waals surface area contributed by atoms with E-state index in [0.717, 1.165) is 0 Å². The van der Waals surface area contributed by atoms with E-state index in [-0.39, 0.29) is 6.04 Å². The zero-order valence-electron chi connectivity index (χ0n) is 18.6. The summed E-state index contributed by atoms with van der Waals surface area (Å²) >= 11 is 0. The number of fused-ring (bicyclic) bond motifs is 15. The summed E-state index contributed by atoms with van der Waals surface area (Å²) in [4.78, 5) is 2.64. The van der Waals surface area contributed by atoms with Gasteiger partial charge in [0, 0.05) is 21.9 Å². The van der Waals surface area contributed by atoms with E-state index >= 15 is 0 Å². The quantitative estimate of drug-likeness (QED) is 0.232. The molecule has 0 fully saturated rings. The van der Waals surface area contributed by atoms with Crippen LogP contribution in [0.5, 0.6) is 0 Å². The summed E-state index contributed by atoms with van der Waals surface area (Å²) in [6, 6.07) is 44.9. The van der Waals surface area contributed by atoms with Crippen molar-refractivity contribution in [3.8, 4) is 22.3 Å². The van der Waals surface area contributed by atoms with Crippen molar-refractivity contribution in [2.24, 2.45) is 0 Å². The Balaban J connectivity index is 1.62. The van der Waals surface area contributed by atoms with Gasteiger partial charge in [0.15, 0.2) is 0 Å². The molecule has 0 aliphatic carbocycles. The van der Waals surface area contributed by atoms with Crippen LogP contribution in [-0.4, -0.2) is 0 Å². The molecule has 2 heterocycles. The fourth-order valence-electron chi connectivity index (χ4n) is 6.24. The molecule has 0 bridgehead atoms. The van der Waals surface area contributed by atoms with Gasteiger partial charge in [-0.15, -0.1) is 0 Å². The van der Waals surface area contributed by atoms with Crippen molar-refractivity contribution in [3.05, 3.63) is 132 Å². The maximum atomic E-state index is 2.64. The summed E-state index contributed by atoms with van der Waals surface area (Å²) in [6.45, 7) is 0. The van der Waals surface area contributed by atoms with E-state index in [1.807, 2.05) is 0 Å². The summed E-state index contributed by atoms with van der Waals surface area (Å²) in [5.41, 5.74) is 10.7. The van der Waals surface area contributed by atoms with E-state index in [4.69, 9.17) is 0 Å². The van der Waals surface area contributed by atoms with Crippen molar-refractivity contribution in [2.45, 2.75) is 6.04 Å². The van der Waals surface area contributed by atoms with E-state index in [9.17, 15) is 0 Å². The third kappa shape index (κ3) is 2.24. The molecule has 8 rings (SSSR count). The molecule has 34 heavy (non-hydrogen) atoms. The van der Waals surface area contributed by atoms with Gasteiger partial charge in [-0.25, -0.2) is 0 Å². The third-order valence-corrected chi connectivity index (χ3v) is 7.63. The first-order chi connectivity index (χ1) is 16.9. The Labute approximate surface area is 198 Å². The predicted molar refractivity (Wildman–Crippen MR) is 143 cm³/mol. The highest BCUT2D eigenvalue weighted by molar-refractivity contribution is 6.13. The fraction of sp³-hybridized carbons (Fsp3) is 0.0303. The van der Waals surface area contributed by atoms with Crippen LogP contribution in [0, 0.1) is 0 Å². The van der Waals surface area contributed by atoms with Crippen molar-refractivity contribution in [1.29, 1.82) is 0 Å². The van der Waals surface area contributed by atoms with Gasteiger partial charge in [-0.05, 0) is 33.0 Å². The van der Waals surface area contributed by atoms with E-state index < -0.39 is 0 Å². The zero-order valence-corrected chi connectivity index (χ0v) is 18.6. The second kappa shape index (κ2) is 6.59. The molecule has 0 unspecified atom stereocenters. The Morgan fingerprint density at radius 3 is 1.35 bits per heavy atom. The smallest absolute Gasteiger partial charge is 0.0857 e. The molecule has 1 heteroatoms. The van der Waals surface area contributed by atoms with Gasteiger partial charge in [0.25, 0.3) is 0 Å². The van der Waals surface area contributed by atoms with Crippen LogP contribution in [-0.2, 0) is 0 Å². The second-order valence-electron chi connectivity index (χ2n) is 9.31. The Bertz CT molecular complexity index is 1650. The average Bonchev–Trinajstić information content (AvgIpc) is 2.92. The van der Waals surface area contributed by atoms with Gasteiger partial charge in [-0.2, -0.15) is 0 Å². The molecule has 158 valence electrons. The lowest BCUT2D eigenvalue weighted by molar-refractivity contribution is 0.809. The Morgan fingerprint density at radius 1 is 0.382 bits per heavy atom. The first-order valence-corrected chi connectivity index (χ1v) is 11.9. The summed E-state index contributed by atoms with van der Waals surface area (Å²) in [6.07, 6.45) is 0. The topological polar surface area (TPSA) is 3.24 Å². The Kier molecular flexibility index (Phi) is 3.51. The summed E-state index contributed by atoms with van der Waals surface area (Å²) in [7, 11) is 0. The summed E-state index contributed by atoms with van der Waals surface area (Å²) < 4.78 is 0. The van der Waals surface area contributed by atoms with E-state index in [1.165, 1.54) is 66.3 Å². The number of nitrogens with zero attached hydrogens (tertiary/aromatic N) is 1. The van der Waals surface area contributed by atoms with Gasteiger partial charge in [0.1, 0.15) is 0 Å². The molecule has 2 aliphatic heterocycles. The molecule has 0 atom stereocenters. The van der Waals surface area contributed by atoms with Crippen molar-refractivity contribution < 1.29 is 0 Å². The monoisotopic (exact) mass is 431 g/mol. The number of hydrogen-bond donors (Lipinski definition) is 0. The first-order valence-electron chi connectivity index (χ1n) is 11.9. The molecule has 0 saturated heterocycles. The molecule has 0 saturated carbocycles. The minimum absolute atomic E-state index is 0.129. The number of anilines is 2. The minimum atomic E-state index is 0.129. The summed E-state index contributed by atoms with van der Waals surface area (Å²) in [5, 5.41) is 5.16. The molecule has 0 N–H and O–H groups in total. The van der Waals surface area contributed by atoms with Gasteiger partial charge in [-0.3, -0.25) is 0 Å². The Hall–Kier alpha value is -4.36. The van der Waals surface area contributed by atoms with Crippen LogP contribution in [0.15, 0.2) is 121 Å². The lowest BCUT2D eigenvalue weighted by atomic mass is 9.77. The lowest BCUT2D eigenvalue weighted by Gasteiger charge is -2.46.